The van der Waals surface area contributed by atoms with Gasteiger partial charge in [-0.05, 0) is 30.3 Å². The normalized spacial score (nSPS) is 10.8. The lowest BCUT2D eigenvalue weighted by Gasteiger charge is -2.10. The Balaban J connectivity index is 2.25. The Morgan fingerprint density at radius 3 is 2.48 bits per heavy atom. The monoisotopic (exact) mass is 407 g/mol. The summed E-state index contributed by atoms with van der Waals surface area (Å²) in [6.07, 6.45) is 0. The molecular formula is C15H11Br2N3O. The van der Waals surface area contributed by atoms with Crippen molar-refractivity contribution < 1.29 is 5.11 Å². The third-order valence-corrected chi connectivity index (χ3v) is 4.24. The van der Waals surface area contributed by atoms with E-state index in [9.17, 15) is 5.11 Å². The molecule has 3 rings (SSSR count). The summed E-state index contributed by atoms with van der Waals surface area (Å²) < 4.78 is 3.72. The first kappa shape index (κ1) is 14.4. The van der Waals surface area contributed by atoms with E-state index in [0.29, 0.717) is 11.6 Å². The van der Waals surface area contributed by atoms with Crippen molar-refractivity contribution in [1.82, 2.24) is 14.8 Å². The minimum absolute atomic E-state index is 0.173. The maximum absolute atomic E-state index is 9.52. The average molecular weight is 409 g/mol. The molecule has 0 fully saturated rings. The van der Waals surface area contributed by atoms with Crippen molar-refractivity contribution in [2.45, 2.75) is 6.61 Å². The van der Waals surface area contributed by atoms with Gasteiger partial charge < -0.3 is 5.11 Å². The maximum Gasteiger partial charge on any atom is 0.169 e. The zero-order valence-electron chi connectivity index (χ0n) is 10.9. The number of hydrogen-bond donors (Lipinski definition) is 1. The summed E-state index contributed by atoms with van der Waals surface area (Å²) in [6, 6.07) is 15.6. The van der Waals surface area contributed by atoms with Gasteiger partial charge in [-0.3, -0.25) is 4.57 Å². The highest BCUT2D eigenvalue weighted by Gasteiger charge is 2.17. The van der Waals surface area contributed by atoms with Crippen molar-refractivity contribution in [3.05, 3.63) is 63.3 Å². The number of para-hydroxylation sites is 1. The van der Waals surface area contributed by atoms with E-state index in [-0.39, 0.29) is 6.61 Å². The van der Waals surface area contributed by atoms with E-state index >= 15 is 0 Å². The van der Waals surface area contributed by atoms with E-state index in [2.05, 4.69) is 42.1 Å². The summed E-state index contributed by atoms with van der Waals surface area (Å²) in [7, 11) is 0. The van der Waals surface area contributed by atoms with Gasteiger partial charge in [-0.15, -0.1) is 10.2 Å². The Labute approximate surface area is 138 Å². The van der Waals surface area contributed by atoms with Gasteiger partial charge in [0.1, 0.15) is 6.61 Å². The van der Waals surface area contributed by atoms with Crippen LogP contribution in [0.15, 0.2) is 57.5 Å². The van der Waals surface area contributed by atoms with Gasteiger partial charge in [0.15, 0.2) is 11.6 Å². The third-order valence-electron chi connectivity index (χ3n) is 3.06. The van der Waals surface area contributed by atoms with E-state index in [1.807, 2.05) is 53.1 Å². The smallest absolute Gasteiger partial charge is 0.169 e. The molecule has 1 N–H and O–H groups in total. The fourth-order valence-electron chi connectivity index (χ4n) is 2.11. The quantitative estimate of drug-likeness (QED) is 0.713. The van der Waals surface area contributed by atoms with Crippen LogP contribution in [0.3, 0.4) is 0 Å². The van der Waals surface area contributed by atoms with Gasteiger partial charge in [0.2, 0.25) is 0 Å². The second kappa shape index (κ2) is 6.09. The molecule has 0 amide bonds. The molecule has 0 spiro atoms. The Morgan fingerprint density at radius 1 is 1.00 bits per heavy atom. The topological polar surface area (TPSA) is 50.9 Å². The molecule has 0 atom stereocenters. The molecule has 1 heterocycles. The second-order valence-electron chi connectivity index (χ2n) is 4.39. The third kappa shape index (κ3) is 2.79. The van der Waals surface area contributed by atoms with Crippen LogP contribution in [0.1, 0.15) is 5.82 Å². The summed E-state index contributed by atoms with van der Waals surface area (Å²) in [5.41, 5.74) is 1.81. The zero-order valence-corrected chi connectivity index (χ0v) is 14.0. The van der Waals surface area contributed by atoms with Gasteiger partial charge in [-0.1, -0.05) is 50.1 Å². The van der Waals surface area contributed by atoms with Crippen LogP contribution >= 0.6 is 31.9 Å². The molecule has 2 aromatic carbocycles. The van der Waals surface area contributed by atoms with Gasteiger partial charge >= 0.3 is 0 Å². The fourth-order valence-corrected chi connectivity index (χ4v) is 2.90. The van der Waals surface area contributed by atoms with Crippen molar-refractivity contribution in [3.8, 4) is 17.1 Å². The first-order valence-corrected chi connectivity index (χ1v) is 7.85. The second-order valence-corrected chi connectivity index (χ2v) is 6.16. The van der Waals surface area contributed by atoms with Crippen molar-refractivity contribution in [2.75, 3.05) is 0 Å². The largest absolute Gasteiger partial charge is 0.388 e. The Morgan fingerprint density at radius 2 is 1.76 bits per heavy atom. The summed E-state index contributed by atoms with van der Waals surface area (Å²) in [6.45, 7) is -0.173. The summed E-state index contributed by atoms with van der Waals surface area (Å²) in [4.78, 5) is 0. The predicted octanol–water partition coefficient (Wildman–Crippen LogP) is 3.95. The molecule has 0 saturated heterocycles. The SMILES string of the molecule is OCc1nnc(-c2cc(Br)ccc2Br)n1-c1ccccc1. The van der Waals surface area contributed by atoms with Gasteiger partial charge in [0.25, 0.3) is 0 Å². The molecule has 1 aromatic heterocycles. The van der Waals surface area contributed by atoms with Crippen LogP contribution in [0, 0.1) is 0 Å². The number of rotatable bonds is 3. The molecule has 3 aromatic rings. The van der Waals surface area contributed by atoms with Crippen molar-refractivity contribution in [1.29, 1.82) is 0 Å². The molecule has 0 aliphatic carbocycles. The predicted molar refractivity (Wildman–Crippen MR) is 88.1 cm³/mol. The number of benzene rings is 2. The minimum atomic E-state index is -0.173. The lowest BCUT2D eigenvalue weighted by atomic mass is 10.2. The number of hydrogen-bond acceptors (Lipinski definition) is 3. The van der Waals surface area contributed by atoms with Crippen molar-refractivity contribution in [3.63, 3.8) is 0 Å². The first-order valence-electron chi connectivity index (χ1n) is 6.26. The van der Waals surface area contributed by atoms with E-state index in [0.717, 1.165) is 20.2 Å². The zero-order chi connectivity index (χ0) is 14.8. The Kier molecular flexibility index (Phi) is 4.19. The van der Waals surface area contributed by atoms with Gasteiger partial charge in [-0.2, -0.15) is 0 Å². The maximum atomic E-state index is 9.52. The van der Waals surface area contributed by atoms with Crippen LogP contribution in [-0.4, -0.2) is 19.9 Å². The lowest BCUT2D eigenvalue weighted by Crippen LogP contribution is -2.03. The number of aliphatic hydroxyl groups is 1. The Hall–Kier alpha value is -1.50. The molecule has 6 heteroatoms. The van der Waals surface area contributed by atoms with Crippen LogP contribution < -0.4 is 0 Å². The molecule has 106 valence electrons. The lowest BCUT2D eigenvalue weighted by molar-refractivity contribution is 0.269. The van der Waals surface area contributed by atoms with Gasteiger partial charge in [0, 0.05) is 20.2 Å². The molecular weight excluding hydrogens is 398 g/mol. The van der Waals surface area contributed by atoms with Crippen LogP contribution in [0.4, 0.5) is 0 Å². The van der Waals surface area contributed by atoms with Crippen LogP contribution in [-0.2, 0) is 6.61 Å². The molecule has 0 unspecified atom stereocenters. The average Bonchev–Trinajstić information content (AvgIpc) is 2.94. The van der Waals surface area contributed by atoms with E-state index < -0.39 is 0 Å². The van der Waals surface area contributed by atoms with Crippen molar-refractivity contribution in [2.24, 2.45) is 0 Å². The molecule has 4 nitrogen and oxygen atoms in total. The summed E-state index contributed by atoms with van der Waals surface area (Å²) in [5.74, 6) is 1.18. The van der Waals surface area contributed by atoms with Crippen molar-refractivity contribution >= 4 is 31.9 Å². The van der Waals surface area contributed by atoms with E-state index in [1.165, 1.54) is 0 Å². The molecule has 0 aliphatic rings. The highest BCUT2D eigenvalue weighted by molar-refractivity contribution is 9.11. The van der Waals surface area contributed by atoms with Crippen LogP contribution in [0.25, 0.3) is 17.1 Å². The van der Waals surface area contributed by atoms with Gasteiger partial charge in [-0.25, -0.2) is 0 Å². The number of aliphatic hydroxyl groups excluding tert-OH is 1. The highest BCUT2D eigenvalue weighted by Crippen LogP contribution is 2.31. The number of halogens is 2. The molecule has 21 heavy (non-hydrogen) atoms. The summed E-state index contributed by atoms with van der Waals surface area (Å²) in [5, 5.41) is 17.8. The number of aromatic nitrogens is 3. The fraction of sp³-hybridized carbons (Fsp3) is 0.0667. The molecule has 0 aliphatic heterocycles. The van der Waals surface area contributed by atoms with Gasteiger partial charge in [0.05, 0.1) is 0 Å². The number of nitrogens with zero attached hydrogens (tertiary/aromatic N) is 3. The molecule has 0 saturated carbocycles. The Bertz CT molecular complexity index is 772. The van der Waals surface area contributed by atoms with E-state index in [1.54, 1.807) is 0 Å². The highest BCUT2D eigenvalue weighted by atomic mass is 79.9. The van der Waals surface area contributed by atoms with Crippen LogP contribution in [0.5, 0.6) is 0 Å². The molecule has 0 radical (unpaired) electrons. The summed E-state index contributed by atoms with van der Waals surface area (Å²) >= 11 is 7.01. The van der Waals surface area contributed by atoms with Crippen LogP contribution in [0.2, 0.25) is 0 Å². The minimum Gasteiger partial charge on any atom is -0.388 e. The first-order chi connectivity index (χ1) is 10.2. The standard InChI is InChI=1S/C15H11Br2N3O/c16-10-6-7-13(17)12(8-10)15-19-18-14(9-21)20(15)11-4-2-1-3-5-11/h1-8,21H,9H2. The molecule has 0 bridgehead atoms. The van der Waals surface area contributed by atoms with E-state index in [4.69, 9.17) is 0 Å².